The summed E-state index contributed by atoms with van der Waals surface area (Å²) in [5.74, 6) is -0.372. The van der Waals surface area contributed by atoms with Crippen LogP contribution in [0.1, 0.15) is 24.1 Å². The van der Waals surface area contributed by atoms with E-state index in [4.69, 9.17) is 11.6 Å². The summed E-state index contributed by atoms with van der Waals surface area (Å²) in [5, 5.41) is 3.34. The second-order valence-electron chi connectivity index (χ2n) is 7.37. The van der Waals surface area contributed by atoms with Crippen LogP contribution in [0, 0.1) is 0 Å². The fraction of sp³-hybridized carbons (Fsp3) is 0.208. The molecule has 3 aromatic carbocycles. The smallest absolute Gasteiger partial charge is 0.243 e. The molecule has 3 rings (SSSR count). The molecule has 0 bridgehead atoms. The van der Waals surface area contributed by atoms with Crippen LogP contribution in [0.25, 0.3) is 0 Å². The van der Waals surface area contributed by atoms with E-state index in [1.165, 1.54) is 28.6 Å². The lowest BCUT2D eigenvalue weighted by molar-refractivity contribution is -0.121. The highest BCUT2D eigenvalue weighted by Gasteiger charge is 2.27. The van der Waals surface area contributed by atoms with Gasteiger partial charge in [0.05, 0.1) is 17.5 Å². The lowest BCUT2D eigenvalue weighted by Crippen LogP contribution is -2.42. The zero-order chi connectivity index (χ0) is 23.1. The van der Waals surface area contributed by atoms with Crippen LogP contribution >= 0.6 is 27.5 Å². The zero-order valence-corrected chi connectivity index (χ0v) is 20.7. The van der Waals surface area contributed by atoms with Crippen LogP contribution in [0.4, 0.5) is 0 Å². The second-order valence-corrected chi connectivity index (χ2v) is 10.7. The predicted octanol–water partition coefficient (Wildman–Crippen LogP) is 5.21. The molecule has 3 aromatic rings. The monoisotopic (exact) mass is 534 g/mol. The van der Waals surface area contributed by atoms with Gasteiger partial charge in [0.2, 0.25) is 15.9 Å². The number of hydrogen-bond acceptors (Lipinski definition) is 3. The number of sulfonamides is 1. The number of amides is 1. The molecule has 0 fully saturated rings. The van der Waals surface area contributed by atoms with E-state index in [0.717, 1.165) is 15.6 Å². The highest BCUT2D eigenvalue weighted by Crippen LogP contribution is 2.20. The van der Waals surface area contributed by atoms with Gasteiger partial charge in [0.1, 0.15) is 0 Å². The van der Waals surface area contributed by atoms with E-state index in [2.05, 4.69) is 21.2 Å². The van der Waals surface area contributed by atoms with Crippen molar-refractivity contribution in [3.05, 3.63) is 99.5 Å². The summed E-state index contributed by atoms with van der Waals surface area (Å²) >= 11 is 9.34. The Morgan fingerprint density at radius 1 is 1.03 bits per heavy atom. The molecule has 8 heteroatoms. The average Bonchev–Trinajstić information content (AvgIpc) is 2.77. The van der Waals surface area contributed by atoms with E-state index in [1.54, 1.807) is 0 Å². The summed E-state index contributed by atoms with van der Waals surface area (Å²) in [5.41, 5.74) is 1.91. The number of carbonyl (C=O) groups excluding carboxylic acids is 1. The van der Waals surface area contributed by atoms with Gasteiger partial charge in [-0.05, 0) is 60.9 Å². The zero-order valence-electron chi connectivity index (χ0n) is 17.5. The Bertz CT molecular complexity index is 1160. The topological polar surface area (TPSA) is 66.5 Å². The molecular weight excluding hydrogens is 512 g/mol. The Hall–Kier alpha value is -2.19. The van der Waals surface area contributed by atoms with Crippen molar-refractivity contribution in [2.45, 2.75) is 24.3 Å². The fourth-order valence-electron chi connectivity index (χ4n) is 3.24. The summed E-state index contributed by atoms with van der Waals surface area (Å²) in [6, 6.07) is 22.9. The van der Waals surface area contributed by atoms with Gasteiger partial charge in [-0.2, -0.15) is 4.31 Å². The van der Waals surface area contributed by atoms with E-state index in [9.17, 15) is 13.2 Å². The number of benzene rings is 3. The van der Waals surface area contributed by atoms with Crippen LogP contribution in [-0.2, 0) is 21.2 Å². The van der Waals surface area contributed by atoms with Crippen molar-refractivity contribution in [2.75, 3.05) is 13.1 Å². The molecule has 32 heavy (non-hydrogen) atoms. The second kappa shape index (κ2) is 11.1. The number of nitrogens with one attached hydrogen (secondary N) is 1. The van der Waals surface area contributed by atoms with Crippen molar-refractivity contribution in [3.63, 3.8) is 0 Å². The van der Waals surface area contributed by atoms with Crippen molar-refractivity contribution < 1.29 is 13.2 Å². The van der Waals surface area contributed by atoms with E-state index in [1.807, 2.05) is 61.5 Å². The molecule has 1 unspecified atom stereocenters. The summed E-state index contributed by atoms with van der Waals surface area (Å²) in [6.45, 7) is 1.76. The molecule has 0 radical (unpaired) electrons. The maximum absolute atomic E-state index is 13.3. The quantitative estimate of drug-likeness (QED) is 0.409. The molecule has 0 aliphatic rings. The van der Waals surface area contributed by atoms with Gasteiger partial charge in [0.15, 0.2) is 0 Å². The van der Waals surface area contributed by atoms with Crippen molar-refractivity contribution in [1.29, 1.82) is 0 Å². The largest absolute Gasteiger partial charge is 0.348 e. The van der Waals surface area contributed by atoms with Gasteiger partial charge in [-0.15, -0.1) is 0 Å². The first-order valence-corrected chi connectivity index (χ1v) is 12.7. The van der Waals surface area contributed by atoms with Gasteiger partial charge in [0, 0.05) is 16.0 Å². The van der Waals surface area contributed by atoms with Crippen LogP contribution in [-0.4, -0.2) is 31.7 Å². The molecule has 0 aliphatic carbocycles. The fourth-order valence-corrected chi connectivity index (χ4v) is 5.18. The van der Waals surface area contributed by atoms with Crippen molar-refractivity contribution in [2.24, 2.45) is 0 Å². The summed E-state index contributed by atoms with van der Waals surface area (Å²) in [7, 11) is -3.88. The van der Waals surface area contributed by atoms with Crippen molar-refractivity contribution in [3.8, 4) is 0 Å². The molecular formula is C24H24BrClN2O3S. The lowest BCUT2D eigenvalue weighted by Gasteiger charge is -2.23. The first kappa shape index (κ1) is 24.5. The van der Waals surface area contributed by atoms with Gasteiger partial charge in [-0.3, -0.25) is 4.79 Å². The van der Waals surface area contributed by atoms with Gasteiger partial charge in [0.25, 0.3) is 0 Å². The van der Waals surface area contributed by atoms with E-state index >= 15 is 0 Å². The molecule has 1 N–H and O–H groups in total. The first-order chi connectivity index (χ1) is 15.3. The van der Waals surface area contributed by atoms with Gasteiger partial charge in [-0.25, -0.2) is 8.42 Å². The van der Waals surface area contributed by atoms with Gasteiger partial charge in [-0.1, -0.05) is 70.0 Å². The van der Waals surface area contributed by atoms with E-state index in [0.29, 0.717) is 11.4 Å². The van der Waals surface area contributed by atoms with Gasteiger partial charge < -0.3 is 5.32 Å². The normalized spacial score (nSPS) is 12.5. The summed E-state index contributed by atoms with van der Waals surface area (Å²) < 4.78 is 28.7. The molecule has 0 saturated heterocycles. The molecule has 5 nitrogen and oxygen atoms in total. The third kappa shape index (κ3) is 6.65. The number of hydrogen-bond donors (Lipinski definition) is 1. The Morgan fingerprint density at radius 3 is 2.38 bits per heavy atom. The molecule has 1 atom stereocenters. The molecule has 0 heterocycles. The SMILES string of the molecule is CC(NC(=O)CN(CCc1ccccc1)S(=O)(=O)c1ccc(Cl)cc1)c1cccc(Br)c1. The Labute approximate surface area is 202 Å². The van der Waals surface area contributed by atoms with Crippen molar-refractivity contribution >= 4 is 43.5 Å². The maximum atomic E-state index is 13.3. The Balaban J connectivity index is 1.78. The third-order valence-electron chi connectivity index (χ3n) is 4.99. The summed E-state index contributed by atoms with van der Waals surface area (Å²) in [6.07, 6.45) is 0.488. The van der Waals surface area contributed by atoms with Crippen LogP contribution in [0.5, 0.6) is 0 Å². The predicted molar refractivity (Wildman–Crippen MR) is 131 cm³/mol. The van der Waals surface area contributed by atoms with E-state index in [-0.39, 0.29) is 29.9 Å². The number of carbonyl (C=O) groups is 1. The number of halogens is 2. The first-order valence-electron chi connectivity index (χ1n) is 10.1. The Morgan fingerprint density at radius 2 is 1.72 bits per heavy atom. The minimum absolute atomic E-state index is 0.0998. The van der Waals surface area contributed by atoms with Crippen LogP contribution in [0.3, 0.4) is 0 Å². The van der Waals surface area contributed by atoms with Crippen LogP contribution in [0.15, 0.2) is 88.2 Å². The van der Waals surface area contributed by atoms with Crippen LogP contribution < -0.4 is 5.32 Å². The lowest BCUT2D eigenvalue weighted by atomic mass is 10.1. The summed E-state index contributed by atoms with van der Waals surface area (Å²) in [4.78, 5) is 12.9. The van der Waals surface area contributed by atoms with Gasteiger partial charge >= 0.3 is 0 Å². The molecule has 0 aliphatic heterocycles. The molecule has 0 spiro atoms. The van der Waals surface area contributed by atoms with E-state index < -0.39 is 10.0 Å². The minimum atomic E-state index is -3.88. The average molecular weight is 536 g/mol. The Kier molecular flexibility index (Phi) is 8.48. The molecule has 0 saturated carbocycles. The highest BCUT2D eigenvalue weighted by molar-refractivity contribution is 9.10. The standard InChI is InChI=1S/C24H24BrClN2O3S/c1-18(20-8-5-9-21(25)16-20)27-24(29)17-28(15-14-19-6-3-2-4-7-19)32(30,31)23-12-10-22(26)11-13-23/h2-13,16,18H,14-15,17H2,1H3,(H,27,29). The number of nitrogens with zero attached hydrogens (tertiary/aromatic N) is 1. The number of rotatable bonds is 9. The maximum Gasteiger partial charge on any atom is 0.243 e. The molecule has 1 amide bonds. The highest BCUT2D eigenvalue weighted by atomic mass is 79.9. The molecule has 168 valence electrons. The molecule has 0 aromatic heterocycles. The minimum Gasteiger partial charge on any atom is -0.348 e. The van der Waals surface area contributed by atoms with Crippen LogP contribution in [0.2, 0.25) is 5.02 Å². The third-order valence-corrected chi connectivity index (χ3v) is 7.59. The van der Waals surface area contributed by atoms with Crippen molar-refractivity contribution in [1.82, 2.24) is 9.62 Å².